The second-order valence-electron chi connectivity index (χ2n) is 6.44. The molecule has 3 rings (SSSR count). The minimum Gasteiger partial charge on any atom is -0.360 e. The maximum Gasteiger partial charge on any atom is 0.273 e. The predicted molar refractivity (Wildman–Crippen MR) is 91.7 cm³/mol. The number of carbonyl (C=O) groups excluding carboxylic acids is 1. The molecule has 1 aliphatic rings. The average Bonchev–Trinajstić information content (AvgIpc) is 2.98. The van der Waals surface area contributed by atoms with E-state index < -0.39 is 10.0 Å². The lowest BCUT2D eigenvalue weighted by Gasteiger charge is -2.22. The Morgan fingerprint density at radius 2 is 2.00 bits per heavy atom. The molecule has 1 aromatic heterocycles. The number of nitrogens with one attached hydrogen (secondary N) is 2. The van der Waals surface area contributed by atoms with Gasteiger partial charge in [-0.25, -0.2) is 13.1 Å². The number of aromatic nitrogens is 1. The third-order valence-electron chi connectivity index (χ3n) is 4.05. The molecule has 0 saturated carbocycles. The van der Waals surface area contributed by atoms with Crippen molar-refractivity contribution in [3.8, 4) is 0 Å². The van der Waals surface area contributed by atoms with Crippen LogP contribution in [-0.2, 0) is 22.9 Å². The van der Waals surface area contributed by atoms with E-state index in [0.717, 1.165) is 0 Å². The zero-order valence-corrected chi connectivity index (χ0v) is 15.0. The topological polar surface area (TPSA) is 101 Å². The van der Waals surface area contributed by atoms with Crippen molar-refractivity contribution >= 4 is 15.9 Å². The average molecular weight is 363 g/mol. The normalized spacial score (nSPS) is 17.3. The molecule has 1 unspecified atom stereocenters. The van der Waals surface area contributed by atoms with Gasteiger partial charge < -0.3 is 9.84 Å². The highest BCUT2D eigenvalue weighted by molar-refractivity contribution is 7.89. The Labute approximate surface area is 146 Å². The Balaban J connectivity index is 1.77. The Morgan fingerprint density at radius 1 is 1.28 bits per heavy atom. The van der Waals surface area contributed by atoms with Crippen LogP contribution >= 0.6 is 0 Å². The quantitative estimate of drug-likeness (QED) is 0.841. The number of hydrogen-bond donors (Lipinski definition) is 2. The second kappa shape index (κ2) is 6.97. The summed E-state index contributed by atoms with van der Waals surface area (Å²) in [6.45, 7) is 3.72. The molecular weight excluding hydrogens is 342 g/mol. The molecule has 0 bridgehead atoms. The van der Waals surface area contributed by atoms with E-state index in [4.69, 9.17) is 4.52 Å². The zero-order chi connectivity index (χ0) is 18.0. The van der Waals surface area contributed by atoms with E-state index in [1.807, 2.05) is 13.8 Å². The van der Waals surface area contributed by atoms with Crippen LogP contribution in [0.3, 0.4) is 0 Å². The lowest BCUT2D eigenvalue weighted by atomic mass is 9.92. The first-order valence-electron chi connectivity index (χ1n) is 8.22. The largest absolute Gasteiger partial charge is 0.360 e. The molecule has 1 aliphatic carbocycles. The Bertz CT molecular complexity index is 859. The fraction of sp³-hybridized carbons (Fsp3) is 0.412. The molecule has 0 aliphatic heterocycles. The molecule has 7 nitrogen and oxygen atoms in total. The summed E-state index contributed by atoms with van der Waals surface area (Å²) >= 11 is 0. The number of carbonyl (C=O) groups is 1. The van der Waals surface area contributed by atoms with E-state index in [9.17, 15) is 13.2 Å². The number of aryl methyl sites for hydroxylation is 1. The summed E-state index contributed by atoms with van der Waals surface area (Å²) in [6.07, 6.45) is 1.52. The third-order valence-corrected chi connectivity index (χ3v) is 5.59. The summed E-state index contributed by atoms with van der Waals surface area (Å²) in [7, 11) is -3.60. The predicted octanol–water partition coefficient (Wildman–Crippen LogP) is 1.65. The van der Waals surface area contributed by atoms with E-state index in [1.54, 1.807) is 30.3 Å². The van der Waals surface area contributed by atoms with Gasteiger partial charge in [-0.1, -0.05) is 23.4 Å². The molecule has 0 radical (unpaired) electrons. The Kier molecular flexibility index (Phi) is 4.91. The van der Waals surface area contributed by atoms with Crippen LogP contribution in [0.25, 0.3) is 0 Å². The summed E-state index contributed by atoms with van der Waals surface area (Å²) in [5, 5.41) is 6.66. The van der Waals surface area contributed by atoms with Crippen molar-refractivity contribution in [1.82, 2.24) is 15.2 Å². The lowest BCUT2D eigenvalue weighted by molar-refractivity contribution is 0.0933. The van der Waals surface area contributed by atoms with Gasteiger partial charge in [0, 0.05) is 24.1 Å². The van der Waals surface area contributed by atoms with Gasteiger partial charge in [0.2, 0.25) is 10.0 Å². The van der Waals surface area contributed by atoms with Gasteiger partial charge in [-0.2, -0.15) is 0 Å². The van der Waals surface area contributed by atoms with Crippen molar-refractivity contribution in [1.29, 1.82) is 0 Å². The van der Waals surface area contributed by atoms with Gasteiger partial charge in [-0.3, -0.25) is 4.79 Å². The summed E-state index contributed by atoms with van der Waals surface area (Å²) in [5.41, 5.74) is 0.928. The van der Waals surface area contributed by atoms with Gasteiger partial charge in [0.05, 0.1) is 4.90 Å². The van der Waals surface area contributed by atoms with Gasteiger partial charge in [0.1, 0.15) is 5.76 Å². The van der Waals surface area contributed by atoms with Crippen LogP contribution in [0.1, 0.15) is 42.1 Å². The number of benzene rings is 1. The van der Waals surface area contributed by atoms with E-state index >= 15 is 0 Å². The maximum atomic E-state index is 12.5. The maximum absolute atomic E-state index is 12.5. The van der Waals surface area contributed by atoms with Crippen LogP contribution in [0.4, 0.5) is 0 Å². The van der Waals surface area contributed by atoms with Crippen molar-refractivity contribution in [2.24, 2.45) is 0 Å². The molecule has 0 spiro atoms. The number of nitrogens with zero attached hydrogens (tertiary/aromatic N) is 1. The Hall–Kier alpha value is -2.19. The van der Waals surface area contributed by atoms with Gasteiger partial charge in [0.15, 0.2) is 5.69 Å². The molecule has 2 N–H and O–H groups in total. The van der Waals surface area contributed by atoms with Crippen molar-refractivity contribution in [2.75, 3.05) is 0 Å². The van der Waals surface area contributed by atoms with Gasteiger partial charge >= 0.3 is 0 Å². The molecule has 1 atom stereocenters. The molecule has 2 aromatic rings. The first kappa shape index (κ1) is 17.6. The van der Waals surface area contributed by atoms with Crippen molar-refractivity contribution < 1.29 is 17.7 Å². The lowest BCUT2D eigenvalue weighted by Crippen LogP contribution is -2.39. The highest BCUT2D eigenvalue weighted by atomic mass is 32.2. The van der Waals surface area contributed by atoms with Crippen molar-refractivity contribution in [2.45, 2.75) is 50.1 Å². The first-order chi connectivity index (χ1) is 11.9. The zero-order valence-electron chi connectivity index (χ0n) is 14.2. The molecule has 0 fully saturated rings. The summed E-state index contributed by atoms with van der Waals surface area (Å²) in [5.74, 6) is 0.357. The highest BCUT2D eigenvalue weighted by Gasteiger charge is 2.31. The van der Waals surface area contributed by atoms with E-state index in [-0.39, 0.29) is 28.6 Å². The number of amides is 1. The molecule has 1 amide bonds. The smallest absolute Gasteiger partial charge is 0.273 e. The van der Waals surface area contributed by atoms with Gasteiger partial charge in [-0.05, 0) is 38.8 Å². The summed E-state index contributed by atoms with van der Waals surface area (Å²) in [6, 6.07) is 7.92. The molecule has 25 heavy (non-hydrogen) atoms. The monoisotopic (exact) mass is 363 g/mol. The fourth-order valence-electron chi connectivity index (χ4n) is 2.90. The van der Waals surface area contributed by atoms with Crippen LogP contribution in [0.5, 0.6) is 0 Å². The van der Waals surface area contributed by atoms with Crippen LogP contribution in [0.2, 0.25) is 0 Å². The molecule has 134 valence electrons. The van der Waals surface area contributed by atoms with Crippen LogP contribution in [0.15, 0.2) is 39.8 Å². The van der Waals surface area contributed by atoms with Crippen LogP contribution < -0.4 is 10.0 Å². The summed E-state index contributed by atoms with van der Waals surface area (Å²) in [4.78, 5) is 12.5. The minimum atomic E-state index is -3.60. The molecular formula is C17H21N3O4S. The van der Waals surface area contributed by atoms with E-state index in [2.05, 4.69) is 15.2 Å². The van der Waals surface area contributed by atoms with Crippen LogP contribution in [-0.4, -0.2) is 31.6 Å². The number of fused-ring (bicyclic) bond motifs is 1. The molecule has 8 heteroatoms. The van der Waals surface area contributed by atoms with Gasteiger partial charge in [0.25, 0.3) is 5.91 Å². The van der Waals surface area contributed by atoms with Gasteiger partial charge in [-0.15, -0.1) is 0 Å². The number of hydrogen-bond acceptors (Lipinski definition) is 5. The fourth-order valence-corrected chi connectivity index (χ4v) is 4.19. The number of sulfonamides is 1. The number of rotatable bonds is 5. The van der Waals surface area contributed by atoms with E-state index in [0.29, 0.717) is 30.6 Å². The minimum absolute atomic E-state index is 0.0178. The SMILES string of the molecule is CC(C)NC(=O)c1noc2c1CC(NS(=O)(=O)c1ccccc1)CC2. The molecule has 1 aromatic carbocycles. The second-order valence-corrected chi connectivity index (χ2v) is 8.15. The Morgan fingerprint density at radius 3 is 2.68 bits per heavy atom. The van der Waals surface area contributed by atoms with Crippen molar-refractivity contribution in [3.05, 3.63) is 47.3 Å². The van der Waals surface area contributed by atoms with Crippen molar-refractivity contribution in [3.63, 3.8) is 0 Å². The highest BCUT2D eigenvalue weighted by Crippen LogP contribution is 2.25. The molecule has 0 saturated heterocycles. The standard InChI is InChI=1S/C17H21N3O4S/c1-11(2)18-17(21)16-14-10-12(8-9-15(14)24-19-16)20-25(22,23)13-6-4-3-5-7-13/h3-7,11-12,20H,8-10H2,1-2H3,(H,18,21). The van der Waals surface area contributed by atoms with E-state index in [1.165, 1.54) is 0 Å². The third kappa shape index (κ3) is 3.91. The first-order valence-corrected chi connectivity index (χ1v) is 9.71. The van der Waals surface area contributed by atoms with Crippen LogP contribution in [0, 0.1) is 0 Å². The summed E-state index contributed by atoms with van der Waals surface area (Å²) < 4.78 is 33.0. The molecule has 1 heterocycles.